The molecule has 23 heavy (non-hydrogen) atoms. The zero-order valence-electron chi connectivity index (χ0n) is 12.7. The van der Waals surface area contributed by atoms with Crippen LogP contribution in [0.3, 0.4) is 0 Å². The van der Waals surface area contributed by atoms with Crippen molar-refractivity contribution in [3.05, 3.63) is 47.7 Å². The number of pyridine rings is 1. The molecule has 2 aromatic heterocycles. The Morgan fingerprint density at radius 2 is 2.00 bits per heavy atom. The molecule has 1 aromatic carbocycles. The van der Waals surface area contributed by atoms with E-state index in [9.17, 15) is 8.42 Å². The summed E-state index contributed by atoms with van der Waals surface area (Å²) in [4.78, 5) is 10.5. The smallest absolute Gasteiger partial charge is 0.240 e. The summed E-state index contributed by atoms with van der Waals surface area (Å²) >= 11 is 1.42. The Morgan fingerprint density at radius 3 is 2.78 bits per heavy atom. The number of sulfonamides is 1. The van der Waals surface area contributed by atoms with Crippen LogP contribution in [0.1, 0.15) is 5.69 Å². The van der Waals surface area contributed by atoms with Crippen LogP contribution in [0.25, 0.3) is 10.2 Å². The summed E-state index contributed by atoms with van der Waals surface area (Å²) in [5.41, 5.74) is 4.14. The predicted octanol–water partition coefficient (Wildman–Crippen LogP) is 2.24. The minimum absolute atomic E-state index is 0.144. The summed E-state index contributed by atoms with van der Waals surface area (Å²) in [5, 5.41) is 0. The number of hydrogen-bond acceptors (Lipinski definition) is 6. The normalized spacial score (nSPS) is 11.7. The number of thiazole rings is 1. The van der Waals surface area contributed by atoms with Gasteiger partial charge in [0.15, 0.2) is 0 Å². The first kappa shape index (κ1) is 15.9. The van der Waals surface area contributed by atoms with E-state index in [4.69, 9.17) is 0 Å². The maximum atomic E-state index is 12.4. The molecule has 3 aromatic rings. The van der Waals surface area contributed by atoms with Crippen molar-refractivity contribution in [1.82, 2.24) is 14.7 Å². The van der Waals surface area contributed by atoms with Crippen LogP contribution in [-0.4, -0.2) is 32.5 Å². The van der Waals surface area contributed by atoms with Crippen molar-refractivity contribution >= 4 is 37.3 Å². The number of nitrogens with one attached hydrogen (secondary N) is 1. The molecular weight excluding hydrogens is 332 g/mol. The summed E-state index contributed by atoms with van der Waals surface area (Å²) in [6.45, 7) is 0.144. The average molecular weight is 348 g/mol. The quantitative estimate of drug-likeness (QED) is 0.765. The van der Waals surface area contributed by atoms with E-state index in [1.807, 2.05) is 31.1 Å². The van der Waals surface area contributed by atoms with Crippen LogP contribution < -0.4 is 9.62 Å². The van der Waals surface area contributed by atoms with Crippen LogP contribution in [0, 0.1) is 0 Å². The van der Waals surface area contributed by atoms with Crippen molar-refractivity contribution in [1.29, 1.82) is 0 Å². The third-order valence-electron chi connectivity index (χ3n) is 3.37. The number of aromatic nitrogens is 2. The molecule has 0 aliphatic heterocycles. The Hall–Kier alpha value is -2.03. The maximum Gasteiger partial charge on any atom is 0.240 e. The number of benzene rings is 1. The van der Waals surface area contributed by atoms with Crippen LogP contribution >= 0.6 is 11.3 Å². The van der Waals surface area contributed by atoms with Crippen LogP contribution in [0.4, 0.5) is 5.69 Å². The molecule has 1 N–H and O–H groups in total. The van der Waals surface area contributed by atoms with Crippen molar-refractivity contribution in [2.24, 2.45) is 0 Å². The second-order valence-electron chi connectivity index (χ2n) is 5.21. The third kappa shape index (κ3) is 3.49. The van der Waals surface area contributed by atoms with Crippen molar-refractivity contribution < 1.29 is 8.42 Å². The first-order chi connectivity index (χ1) is 11.0. The lowest BCUT2D eigenvalue weighted by atomic mass is 10.3. The Morgan fingerprint density at radius 1 is 1.17 bits per heavy atom. The molecule has 0 spiro atoms. The number of anilines is 1. The van der Waals surface area contributed by atoms with Gasteiger partial charge < -0.3 is 4.90 Å². The van der Waals surface area contributed by atoms with Gasteiger partial charge in [0, 0.05) is 26.0 Å². The van der Waals surface area contributed by atoms with Crippen molar-refractivity contribution in [3.8, 4) is 0 Å². The highest BCUT2D eigenvalue weighted by Gasteiger charge is 2.15. The zero-order valence-corrected chi connectivity index (χ0v) is 14.4. The fraction of sp³-hybridized carbons (Fsp3) is 0.200. The molecule has 0 amide bonds. The number of nitrogens with zero attached hydrogens (tertiary/aromatic N) is 3. The highest BCUT2D eigenvalue weighted by Crippen LogP contribution is 2.21. The molecule has 0 unspecified atom stereocenters. The molecular formula is C15H16N4O2S2. The zero-order chi connectivity index (χ0) is 16.4. The Balaban J connectivity index is 1.79. The monoisotopic (exact) mass is 348 g/mol. The van der Waals surface area contributed by atoms with E-state index in [1.165, 1.54) is 11.3 Å². The molecule has 3 rings (SSSR count). The van der Waals surface area contributed by atoms with Crippen LogP contribution in [0.2, 0.25) is 0 Å². The topological polar surface area (TPSA) is 75.2 Å². The standard InChI is InChI=1S/C15H16N4O2S2/c1-19(2)12-5-6-16-11(7-12)9-18-23(20,21)13-3-4-14-15(8-13)22-10-17-14/h3-8,10,18H,9H2,1-2H3. The first-order valence-corrected chi connectivity index (χ1v) is 9.27. The fourth-order valence-corrected chi connectivity index (χ4v) is 3.91. The molecule has 0 aliphatic carbocycles. The summed E-state index contributed by atoms with van der Waals surface area (Å²) in [6.07, 6.45) is 1.67. The molecule has 0 saturated carbocycles. The van der Waals surface area contributed by atoms with Gasteiger partial charge in [-0.05, 0) is 30.3 Å². The van der Waals surface area contributed by atoms with Gasteiger partial charge >= 0.3 is 0 Å². The van der Waals surface area contributed by atoms with E-state index in [0.717, 1.165) is 15.9 Å². The van der Waals surface area contributed by atoms with Gasteiger partial charge in [-0.2, -0.15) is 0 Å². The number of rotatable bonds is 5. The Kier molecular flexibility index (Phi) is 4.29. The Bertz CT molecular complexity index is 935. The molecule has 6 nitrogen and oxygen atoms in total. The van der Waals surface area contributed by atoms with E-state index in [1.54, 1.807) is 29.9 Å². The first-order valence-electron chi connectivity index (χ1n) is 6.91. The van der Waals surface area contributed by atoms with Gasteiger partial charge in [0.05, 0.1) is 32.9 Å². The second-order valence-corrected chi connectivity index (χ2v) is 7.86. The van der Waals surface area contributed by atoms with E-state index in [2.05, 4.69) is 14.7 Å². The molecule has 120 valence electrons. The molecule has 0 fully saturated rings. The summed E-state index contributed by atoms with van der Waals surface area (Å²) < 4.78 is 28.3. The molecule has 8 heteroatoms. The van der Waals surface area contributed by atoms with Crippen LogP contribution in [0.5, 0.6) is 0 Å². The molecule has 2 heterocycles. The minimum atomic E-state index is -3.59. The number of hydrogen-bond donors (Lipinski definition) is 1. The van der Waals surface area contributed by atoms with E-state index in [0.29, 0.717) is 5.69 Å². The van der Waals surface area contributed by atoms with Crippen LogP contribution in [0.15, 0.2) is 46.9 Å². The van der Waals surface area contributed by atoms with Crippen molar-refractivity contribution in [2.45, 2.75) is 11.4 Å². The lowest BCUT2D eigenvalue weighted by molar-refractivity contribution is 0.580. The van der Waals surface area contributed by atoms with Gasteiger partial charge in [0.25, 0.3) is 0 Å². The van der Waals surface area contributed by atoms with E-state index in [-0.39, 0.29) is 11.4 Å². The number of fused-ring (bicyclic) bond motifs is 1. The molecule has 0 aliphatic rings. The summed E-state index contributed by atoms with van der Waals surface area (Å²) in [6, 6.07) is 8.64. The average Bonchev–Trinajstić information content (AvgIpc) is 3.01. The second kappa shape index (κ2) is 6.23. The summed E-state index contributed by atoms with van der Waals surface area (Å²) in [5.74, 6) is 0. The van der Waals surface area contributed by atoms with Gasteiger partial charge in [0.1, 0.15) is 0 Å². The van der Waals surface area contributed by atoms with E-state index < -0.39 is 10.0 Å². The van der Waals surface area contributed by atoms with Gasteiger partial charge in [-0.25, -0.2) is 18.1 Å². The van der Waals surface area contributed by atoms with E-state index >= 15 is 0 Å². The highest BCUT2D eigenvalue weighted by molar-refractivity contribution is 7.89. The molecule has 0 radical (unpaired) electrons. The predicted molar refractivity (Wildman–Crippen MR) is 92.2 cm³/mol. The van der Waals surface area contributed by atoms with Gasteiger partial charge in [-0.15, -0.1) is 11.3 Å². The highest BCUT2D eigenvalue weighted by atomic mass is 32.2. The lowest BCUT2D eigenvalue weighted by Gasteiger charge is -2.13. The lowest BCUT2D eigenvalue weighted by Crippen LogP contribution is -2.24. The van der Waals surface area contributed by atoms with Crippen LogP contribution in [-0.2, 0) is 16.6 Å². The summed E-state index contributed by atoms with van der Waals surface area (Å²) in [7, 11) is 0.263. The third-order valence-corrected chi connectivity index (χ3v) is 5.56. The minimum Gasteiger partial charge on any atom is -0.378 e. The molecule has 0 saturated heterocycles. The van der Waals surface area contributed by atoms with Gasteiger partial charge in [-0.3, -0.25) is 4.98 Å². The fourth-order valence-electron chi connectivity index (χ4n) is 2.10. The van der Waals surface area contributed by atoms with Crippen molar-refractivity contribution in [2.75, 3.05) is 19.0 Å². The molecule has 0 atom stereocenters. The SMILES string of the molecule is CN(C)c1ccnc(CNS(=O)(=O)c2ccc3ncsc3c2)c1. The van der Waals surface area contributed by atoms with Gasteiger partial charge in [-0.1, -0.05) is 0 Å². The Labute approximate surface area is 138 Å². The van der Waals surface area contributed by atoms with Gasteiger partial charge in [0.2, 0.25) is 10.0 Å². The van der Waals surface area contributed by atoms with Crippen molar-refractivity contribution in [3.63, 3.8) is 0 Å². The largest absolute Gasteiger partial charge is 0.378 e. The molecule has 0 bridgehead atoms. The maximum absolute atomic E-state index is 12.4.